The van der Waals surface area contributed by atoms with Crippen LogP contribution in [0.5, 0.6) is 0 Å². The summed E-state index contributed by atoms with van der Waals surface area (Å²) in [6.07, 6.45) is 2.19. The number of hydrogen-bond donors (Lipinski definition) is 2. The summed E-state index contributed by atoms with van der Waals surface area (Å²) in [4.78, 5) is 33.9. The molecule has 1 saturated heterocycles. The van der Waals surface area contributed by atoms with E-state index in [4.69, 9.17) is 0 Å². The number of hydrogen-bond acceptors (Lipinski definition) is 5. The molecular weight excluding hydrogens is 272 g/mol. The second-order valence-corrected chi connectivity index (χ2v) is 5.51. The lowest BCUT2D eigenvalue weighted by Crippen LogP contribution is -2.37. The number of aromatic amines is 1. The van der Waals surface area contributed by atoms with Crippen LogP contribution in [0.2, 0.25) is 0 Å². The summed E-state index contributed by atoms with van der Waals surface area (Å²) in [5.74, 6) is 0.668. The first-order valence-corrected chi connectivity index (χ1v) is 7.11. The molecule has 3 rings (SSSR count). The molecule has 0 amide bonds. The van der Waals surface area contributed by atoms with Gasteiger partial charge in [-0.1, -0.05) is 0 Å². The highest BCUT2D eigenvalue weighted by Gasteiger charge is 2.27. The Morgan fingerprint density at radius 3 is 2.81 bits per heavy atom. The van der Waals surface area contributed by atoms with E-state index in [1.54, 1.807) is 7.05 Å². The highest BCUT2D eigenvalue weighted by molar-refractivity contribution is 5.73. The van der Waals surface area contributed by atoms with Gasteiger partial charge in [-0.2, -0.15) is 4.98 Å². The second-order valence-electron chi connectivity index (χ2n) is 5.51. The van der Waals surface area contributed by atoms with E-state index >= 15 is 0 Å². The van der Waals surface area contributed by atoms with E-state index in [0.29, 0.717) is 23.2 Å². The third kappa shape index (κ3) is 2.06. The topological polar surface area (TPSA) is 88.0 Å². The number of aromatic nitrogens is 4. The Morgan fingerprint density at radius 1 is 1.33 bits per heavy atom. The Kier molecular flexibility index (Phi) is 3.32. The summed E-state index contributed by atoms with van der Waals surface area (Å²) in [6.45, 7) is 1.77. The Balaban J connectivity index is 2.14. The minimum atomic E-state index is -0.362. The van der Waals surface area contributed by atoms with Gasteiger partial charge >= 0.3 is 5.69 Å². The molecule has 0 aromatic carbocycles. The van der Waals surface area contributed by atoms with Gasteiger partial charge in [0.15, 0.2) is 11.2 Å². The molecule has 0 bridgehead atoms. The molecule has 1 aliphatic heterocycles. The molecule has 2 aromatic rings. The number of rotatable bonds is 3. The van der Waals surface area contributed by atoms with Gasteiger partial charge in [0.2, 0.25) is 5.95 Å². The Morgan fingerprint density at radius 2 is 2.10 bits per heavy atom. The maximum Gasteiger partial charge on any atom is 0.332 e. The van der Waals surface area contributed by atoms with Crippen molar-refractivity contribution in [2.24, 2.45) is 14.1 Å². The van der Waals surface area contributed by atoms with Gasteiger partial charge in [0.05, 0.1) is 0 Å². The van der Waals surface area contributed by atoms with Crippen LogP contribution < -0.4 is 21.5 Å². The summed E-state index contributed by atoms with van der Waals surface area (Å²) in [5, 5.41) is 3.18. The fourth-order valence-corrected chi connectivity index (χ4v) is 3.01. The first-order chi connectivity index (χ1) is 10.0. The van der Waals surface area contributed by atoms with Crippen molar-refractivity contribution in [3.63, 3.8) is 0 Å². The molecule has 2 N–H and O–H groups in total. The van der Waals surface area contributed by atoms with Crippen molar-refractivity contribution < 1.29 is 0 Å². The Bertz CT molecular complexity index is 786. The molecule has 0 spiro atoms. The number of H-pyrrole nitrogens is 1. The molecule has 1 aliphatic rings. The molecule has 1 fully saturated rings. The molecule has 8 heteroatoms. The van der Waals surface area contributed by atoms with Crippen molar-refractivity contribution in [1.29, 1.82) is 0 Å². The average Bonchev–Trinajstić information content (AvgIpc) is 3.09. The van der Waals surface area contributed by atoms with E-state index < -0.39 is 0 Å². The molecule has 114 valence electrons. The first-order valence-electron chi connectivity index (χ1n) is 7.11. The van der Waals surface area contributed by atoms with E-state index in [1.807, 2.05) is 7.05 Å². The fraction of sp³-hybridized carbons (Fsp3) is 0.615. The van der Waals surface area contributed by atoms with Gasteiger partial charge in [0, 0.05) is 33.2 Å². The molecule has 1 atom stereocenters. The standard InChI is InChI=1S/C13H20N6O2/c1-14-7-8-5-4-6-19(8)12-15-9-10(16-12)17(2)13(21)18(3)11(9)20/h8,14H,4-7H2,1-3H3,(H,15,16). The molecule has 0 saturated carbocycles. The van der Waals surface area contributed by atoms with Crippen LogP contribution in [0.1, 0.15) is 12.8 Å². The molecular formula is C13H20N6O2. The van der Waals surface area contributed by atoms with Crippen LogP contribution in [0, 0.1) is 0 Å². The summed E-state index contributed by atoms with van der Waals surface area (Å²) in [7, 11) is 5.03. The fourth-order valence-electron chi connectivity index (χ4n) is 3.01. The van der Waals surface area contributed by atoms with E-state index in [0.717, 1.165) is 30.5 Å². The quantitative estimate of drug-likeness (QED) is 0.769. The first kappa shape index (κ1) is 13.9. The van der Waals surface area contributed by atoms with Crippen molar-refractivity contribution in [1.82, 2.24) is 24.4 Å². The third-order valence-corrected chi connectivity index (χ3v) is 4.17. The Hall–Kier alpha value is -2.09. The van der Waals surface area contributed by atoms with Gasteiger partial charge in [0.25, 0.3) is 5.56 Å². The lowest BCUT2D eigenvalue weighted by Gasteiger charge is -2.23. The second kappa shape index (κ2) is 5.03. The number of fused-ring (bicyclic) bond motifs is 1. The smallest absolute Gasteiger partial charge is 0.332 e. The average molecular weight is 292 g/mol. The Labute approximate surface area is 121 Å². The molecule has 0 radical (unpaired) electrons. The van der Waals surface area contributed by atoms with E-state index in [9.17, 15) is 9.59 Å². The van der Waals surface area contributed by atoms with Gasteiger partial charge in [-0.05, 0) is 19.9 Å². The molecule has 2 aromatic heterocycles. The van der Waals surface area contributed by atoms with Crippen molar-refractivity contribution in [3.8, 4) is 0 Å². The summed E-state index contributed by atoms with van der Waals surface area (Å²) >= 11 is 0. The summed E-state index contributed by atoms with van der Waals surface area (Å²) in [6, 6.07) is 0.358. The highest BCUT2D eigenvalue weighted by Crippen LogP contribution is 2.23. The van der Waals surface area contributed by atoms with Gasteiger partial charge in [-0.15, -0.1) is 0 Å². The van der Waals surface area contributed by atoms with E-state index in [-0.39, 0.29) is 11.2 Å². The van der Waals surface area contributed by atoms with Crippen LogP contribution in [0.15, 0.2) is 9.59 Å². The van der Waals surface area contributed by atoms with Crippen molar-refractivity contribution >= 4 is 17.1 Å². The normalized spacial score (nSPS) is 18.8. The third-order valence-electron chi connectivity index (χ3n) is 4.17. The molecule has 1 unspecified atom stereocenters. The largest absolute Gasteiger partial charge is 0.338 e. The SMILES string of the molecule is CNCC1CCCN1c1nc2c([nH]1)c(=O)n(C)c(=O)n2C. The van der Waals surface area contributed by atoms with Crippen LogP contribution >= 0.6 is 0 Å². The van der Waals surface area contributed by atoms with Crippen LogP contribution in [0.3, 0.4) is 0 Å². The number of aryl methyl sites for hydroxylation is 1. The maximum atomic E-state index is 12.2. The molecule has 21 heavy (non-hydrogen) atoms. The zero-order valence-corrected chi connectivity index (χ0v) is 12.5. The van der Waals surface area contributed by atoms with Crippen LogP contribution in [-0.2, 0) is 14.1 Å². The van der Waals surface area contributed by atoms with Crippen LogP contribution in [0.4, 0.5) is 5.95 Å². The van der Waals surface area contributed by atoms with Crippen molar-refractivity contribution in [2.75, 3.05) is 25.0 Å². The molecule has 3 heterocycles. The van der Waals surface area contributed by atoms with Gasteiger partial charge in [0.1, 0.15) is 0 Å². The number of imidazole rings is 1. The predicted octanol–water partition coefficient (Wildman–Crippen LogP) is -0.851. The number of anilines is 1. The number of likely N-dealkylation sites (N-methyl/N-ethyl adjacent to an activating group) is 1. The minimum Gasteiger partial charge on any atom is -0.338 e. The number of nitrogens with zero attached hydrogens (tertiary/aromatic N) is 4. The maximum absolute atomic E-state index is 12.2. The lowest BCUT2D eigenvalue weighted by molar-refractivity contribution is 0.609. The highest BCUT2D eigenvalue weighted by atomic mass is 16.2. The number of nitrogens with one attached hydrogen (secondary N) is 2. The summed E-state index contributed by atoms with van der Waals surface area (Å²) < 4.78 is 2.50. The van der Waals surface area contributed by atoms with Crippen LogP contribution in [-0.4, -0.2) is 45.3 Å². The zero-order chi connectivity index (χ0) is 15.1. The molecule has 0 aliphatic carbocycles. The van der Waals surface area contributed by atoms with Gasteiger partial charge < -0.3 is 15.2 Å². The molecule has 8 nitrogen and oxygen atoms in total. The van der Waals surface area contributed by atoms with Gasteiger partial charge in [-0.25, -0.2) is 4.79 Å². The van der Waals surface area contributed by atoms with Crippen molar-refractivity contribution in [3.05, 3.63) is 20.8 Å². The monoisotopic (exact) mass is 292 g/mol. The summed E-state index contributed by atoms with van der Waals surface area (Å²) in [5.41, 5.74) is 0.0906. The van der Waals surface area contributed by atoms with Gasteiger partial charge in [-0.3, -0.25) is 13.9 Å². The van der Waals surface area contributed by atoms with E-state index in [1.165, 1.54) is 11.6 Å². The minimum absolute atomic E-state index is 0.337. The van der Waals surface area contributed by atoms with Crippen molar-refractivity contribution in [2.45, 2.75) is 18.9 Å². The zero-order valence-electron chi connectivity index (χ0n) is 12.5. The lowest BCUT2D eigenvalue weighted by atomic mass is 10.2. The predicted molar refractivity (Wildman–Crippen MR) is 80.9 cm³/mol. The van der Waals surface area contributed by atoms with Crippen LogP contribution in [0.25, 0.3) is 11.2 Å². The van der Waals surface area contributed by atoms with E-state index in [2.05, 4.69) is 20.2 Å².